The van der Waals surface area contributed by atoms with Gasteiger partial charge in [0.15, 0.2) is 0 Å². The van der Waals surface area contributed by atoms with Crippen molar-refractivity contribution in [1.29, 1.82) is 0 Å². The molecule has 1 atom stereocenters. The number of hydrogen-bond acceptors (Lipinski definition) is 2. The third-order valence-electron chi connectivity index (χ3n) is 2.28. The smallest absolute Gasteiger partial charge is 0.129 e. The van der Waals surface area contributed by atoms with E-state index in [2.05, 4.69) is 5.32 Å². The van der Waals surface area contributed by atoms with Crippen molar-refractivity contribution in [2.75, 3.05) is 19.8 Å². The maximum Gasteiger partial charge on any atom is 0.129 e. The van der Waals surface area contributed by atoms with Crippen LogP contribution in [0.15, 0.2) is 18.2 Å². The molecule has 0 bridgehead atoms. The van der Waals surface area contributed by atoms with Crippen molar-refractivity contribution in [3.05, 3.63) is 34.6 Å². The highest BCUT2D eigenvalue weighted by Gasteiger charge is 2.14. The average molecular weight is 246 g/mol. The van der Waals surface area contributed by atoms with Gasteiger partial charge < -0.3 is 10.1 Å². The predicted molar refractivity (Wildman–Crippen MR) is 64.3 cm³/mol. The molecule has 0 aliphatic heterocycles. The van der Waals surface area contributed by atoms with E-state index in [9.17, 15) is 4.39 Å². The molecule has 1 aromatic rings. The maximum absolute atomic E-state index is 13.7. The monoisotopic (exact) mass is 245 g/mol. The molecule has 0 saturated heterocycles. The maximum atomic E-state index is 13.7. The Hall–Kier alpha value is -0.640. The van der Waals surface area contributed by atoms with Gasteiger partial charge in [-0.1, -0.05) is 24.6 Å². The number of nitrogens with one attached hydrogen (secondary N) is 1. The van der Waals surface area contributed by atoms with Gasteiger partial charge in [0.1, 0.15) is 5.82 Å². The van der Waals surface area contributed by atoms with Crippen molar-refractivity contribution in [1.82, 2.24) is 5.32 Å². The van der Waals surface area contributed by atoms with Gasteiger partial charge in [-0.05, 0) is 25.6 Å². The Labute approximate surface area is 101 Å². The molecule has 1 rings (SSSR count). The van der Waals surface area contributed by atoms with E-state index in [1.165, 1.54) is 6.07 Å². The van der Waals surface area contributed by atoms with Crippen LogP contribution in [0.1, 0.15) is 25.5 Å². The van der Waals surface area contributed by atoms with Gasteiger partial charge in [-0.15, -0.1) is 0 Å². The van der Waals surface area contributed by atoms with E-state index in [0.29, 0.717) is 23.8 Å². The third kappa shape index (κ3) is 3.74. The normalized spacial score (nSPS) is 12.8. The van der Waals surface area contributed by atoms with Crippen LogP contribution < -0.4 is 5.32 Å². The summed E-state index contributed by atoms with van der Waals surface area (Å²) in [5.41, 5.74) is 0.597. The predicted octanol–water partition coefficient (Wildman–Crippen LogP) is 3.17. The number of benzene rings is 1. The highest BCUT2D eigenvalue weighted by molar-refractivity contribution is 6.30. The van der Waals surface area contributed by atoms with Crippen LogP contribution in [0.25, 0.3) is 0 Å². The number of likely N-dealkylation sites (N-methyl/N-ethyl adjacent to an activating group) is 1. The summed E-state index contributed by atoms with van der Waals surface area (Å²) >= 11 is 5.71. The number of hydrogen-bond donors (Lipinski definition) is 1. The Morgan fingerprint density at radius 1 is 1.44 bits per heavy atom. The van der Waals surface area contributed by atoms with Crippen LogP contribution in [0.3, 0.4) is 0 Å². The molecule has 0 amide bonds. The first-order valence-electron chi connectivity index (χ1n) is 5.45. The minimum Gasteiger partial charge on any atom is -0.380 e. The fourth-order valence-electron chi connectivity index (χ4n) is 1.52. The molecule has 0 radical (unpaired) electrons. The zero-order chi connectivity index (χ0) is 12.0. The topological polar surface area (TPSA) is 21.3 Å². The zero-order valence-electron chi connectivity index (χ0n) is 9.59. The van der Waals surface area contributed by atoms with E-state index in [1.807, 2.05) is 13.8 Å². The van der Waals surface area contributed by atoms with Gasteiger partial charge in [-0.25, -0.2) is 4.39 Å². The molecule has 16 heavy (non-hydrogen) atoms. The Morgan fingerprint density at radius 2 is 2.19 bits per heavy atom. The lowest BCUT2D eigenvalue weighted by Gasteiger charge is -2.18. The standard InChI is InChI=1S/C12H17ClFNO/c1-3-15-12(8-16-4-2)10-6-5-9(13)7-11(10)14/h5-7,12,15H,3-4,8H2,1-2H3. The second-order valence-electron chi connectivity index (χ2n) is 3.44. The van der Waals surface area contributed by atoms with E-state index < -0.39 is 0 Å². The molecule has 90 valence electrons. The van der Waals surface area contributed by atoms with Crippen LogP contribution in [0.2, 0.25) is 5.02 Å². The molecule has 1 N–H and O–H groups in total. The first kappa shape index (κ1) is 13.4. The van der Waals surface area contributed by atoms with E-state index in [-0.39, 0.29) is 11.9 Å². The Bertz CT molecular complexity index is 333. The molecule has 0 aromatic heterocycles. The van der Waals surface area contributed by atoms with Crippen molar-refractivity contribution >= 4 is 11.6 Å². The zero-order valence-corrected chi connectivity index (χ0v) is 10.4. The van der Waals surface area contributed by atoms with E-state index in [1.54, 1.807) is 12.1 Å². The lowest BCUT2D eigenvalue weighted by molar-refractivity contribution is 0.122. The van der Waals surface area contributed by atoms with Gasteiger partial charge in [0.05, 0.1) is 12.6 Å². The minimum atomic E-state index is -0.293. The first-order valence-corrected chi connectivity index (χ1v) is 5.82. The molecule has 0 fully saturated rings. The van der Waals surface area contributed by atoms with Gasteiger partial charge in [-0.3, -0.25) is 0 Å². The van der Waals surface area contributed by atoms with Crippen molar-refractivity contribution < 1.29 is 9.13 Å². The number of ether oxygens (including phenoxy) is 1. The summed E-state index contributed by atoms with van der Waals surface area (Å²) in [4.78, 5) is 0. The summed E-state index contributed by atoms with van der Waals surface area (Å²) in [5, 5.41) is 3.60. The quantitative estimate of drug-likeness (QED) is 0.831. The Morgan fingerprint density at radius 3 is 2.75 bits per heavy atom. The molecule has 1 unspecified atom stereocenters. The van der Waals surface area contributed by atoms with Gasteiger partial charge >= 0.3 is 0 Å². The largest absolute Gasteiger partial charge is 0.380 e. The Balaban J connectivity index is 2.82. The van der Waals surface area contributed by atoms with E-state index in [4.69, 9.17) is 16.3 Å². The molecule has 0 saturated carbocycles. The lowest BCUT2D eigenvalue weighted by Crippen LogP contribution is -2.26. The summed E-state index contributed by atoms with van der Waals surface area (Å²) in [7, 11) is 0. The summed E-state index contributed by atoms with van der Waals surface area (Å²) in [6, 6.07) is 4.59. The molecule has 1 aromatic carbocycles. The van der Waals surface area contributed by atoms with Crippen LogP contribution in [0.4, 0.5) is 4.39 Å². The van der Waals surface area contributed by atoms with Crippen LogP contribution in [-0.4, -0.2) is 19.8 Å². The van der Waals surface area contributed by atoms with Gasteiger partial charge in [-0.2, -0.15) is 0 Å². The van der Waals surface area contributed by atoms with Crippen LogP contribution >= 0.6 is 11.6 Å². The summed E-state index contributed by atoms with van der Waals surface area (Å²) < 4.78 is 19.0. The van der Waals surface area contributed by atoms with Gasteiger partial charge in [0.2, 0.25) is 0 Å². The summed E-state index contributed by atoms with van der Waals surface area (Å²) in [6.45, 7) is 5.74. The Kier molecular flexibility index (Phi) is 5.74. The molecule has 0 aliphatic carbocycles. The van der Waals surface area contributed by atoms with E-state index in [0.717, 1.165) is 6.54 Å². The van der Waals surface area contributed by atoms with Crippen molar-refractivity contribution in [3.63, 3.8) is 0 Å². The van der Waals surface area contributed by atoms with Crippen LogP contribution in [-0.2, 0) is 4.74 Å². The van der Waals surface area contributed by atoms with Crippen molar-refractivity contribution in [3.8, 4) is 0 Å². The van der Waals surface area contributed by atoms with Crippen LogP contribution in [0, 0.1) is 5.82 Å². The highest BCUT2D eigenvalue weighted by atomic mass is 35.5. The van der Waals surface area contributed by atoms with Crippen molar-refractivity contribution in [2.45, 2.75) is 19.9 Å². The van der Waals surface area contributed by atoms with Gasteiger partial charge in [0.25, 0.3) is 0 Å². The van der Waals surface area contributed by atoms with Gasteiger partial charge in [0, 0.05) is 17.2 Å². The lowest BCUT2D eigenvalue weighted by atomic mass is 10.1. The summed E-state index contributed by atoms with van der Waals surface area (Å²) in [5.74, 6) is -0.293. The average Bonchev–Trinajstić information content (AvgIpc) is 2.25. The molecule has 0 heterocycles. The molecular weight excluding hydrogens is 229 g/mol. The number of halogens is 2. The number of rotatable bonds is 6. The molecule has 4 heteroatoms. The SMILES string of the molecule is CCNC(COCC)c1ccc(Cl)cc1F. The van der Waals surface area contributed by atoms with E-state index >= 15 is 0 Å². The van der Waals surface area contributed by atoms with Crippen molar-refractivity contribution in [2.24, 2.45) is 0 Å². The fourth-order valence-corrected chi connectivity index (χ4v) is 1.68. The highest BCUT2D eigenvalue weighted by Crippen LogP contribution is 2.21. The summed E-state index contributed by atoms with van der Waals surface area (Å²) in [6.07, 6.45) is 0. The third-order valence-corrected chi connectivity index (χ3v) is 2.51. The molecule has 2 nitrogen and oxygen atoms in total. The molecule has 0 aliphatic rings. The second-order valence-corrected chi connectivity index (χ2v) is 3.87. The minimum absolute atomic E-state index is 0.123. The first-order chi connectivity index (χ1) is 7.69. The second kappa shape index (κ2) is 6.84. The molecular formula is C12H17ClFNO. The van der Waals surface area contributed by atoms with Crippen LogP contribution in [0.5, 0.6) is 0 Å². The molecule has 0 spiro atoms. The fraction of sp³-hybridized carbons (Fsp3) is 0.500.